The van der Waals surface area contributed by atoms with E-state index < -0.39 is 4.92 Å². The van der Waals surface area contributed by atoms with E-state index in [2.05, 4.69) is 6.07 Å². The number of rotatable bonds is 3. The molecule has 2 aromatic carbocycles. The third kappa shape index (κ3) is 3.31. The Morgan fingerprint density at radius 3 is 2.43 bits per heavy atom. The number of hydrogen-bond acceptors (Lipinski definition) is 4. The summed E-state index contributed by atoms with van der Waals surface area (Å²) in [6.45, 7) is 0. The highest BCUT2D eigenvalue weighted by Gasteiger charge is 2.05. The first-order valence-corrected chi connectivity index (χ1v) is 6.01. The summed E-state index contributed by atoms with van der Waals surface area (Å²) in [5.74, 6) is 0. The van der Waals surface area contributed by atoms with E-state index in [1.807, 2.05) is 6.07 Å². The molecule has 2 aromatic rings. The van der Waals surface area contributed by atoms with Gasteiger partial charge in [0.2, 0.25) is 0 Å². The van der Waals surface area contributed by atoms with Gasteiger partial charge in [0.1, 0.15) is 0 Å². The number of benzene rings is 2. The van der Waals surface area contributed by atoms with Gasteiger partial charge in [0.25, 0.3) is 5.69 Å². The van der Waals surface area contributed by atoms with Crippen molar-refractivity contribution in [2.75, 3.05) is 0 Å². The van der Waals surface area contributed by atoms with Crippen LogP contribution in [0.5, 0.6) is 0 Å². The molecule has 0 atom stereocenters. The Balaban J connectivity index is 2.39. The van der Waals surface area contributed by atoms with Crippen LogP contribution in [0, 0.1) is 32.8 Å². The number of allylic oxidation sites excluding steroid dienone is 1. The zero-order chi connectivity index (χ0) is 15.2. The largest absolute Gasteiger partial charge is 0.269 e. The van der Waals surface area contributed by atoms with Crippen molar-refractivity contribution < 1.29 is 4.92 Å². The summed E-state index contributed by atoms with van der Waals surface area (Å²) in [4.78, 5) is 10.1. The van der Waals surface area contributed by atoms with Crippen molar-refractivity contribution in [2.24, 2.45) is 0 Å². The van der Waals surface area contributed by atoms with Crippen molar-refractivity contribution in [3.8, 4) is 12.1 Å². The van der Waals surface area contributed by atoms with Crippen LogP contribution in [0.3, 0.4) is 0 Å². The molecule has 0 amide bonds. The van der Waals surface area contributed by atoms with Crippen LogP contribution in [0.25, 0.3) is 11.6 Å². The SMILES string of the molecule is N#C/C(=C/c1ccc([N+](=O)[O-])cc1)c1cccc(C#N)c1. The van der Waals surface area contributed by atoms with Gasteiger partial charge in [-0.15, -0.1) is 0 Å². The fourth-order valence-corrected chi connectivity index (χ4v) is 1.80. The van der Waals surface area contributed by atoms with Crippen molar-refractivity contribution in [3.63, 3.8) is 0 Å². The van der Waals surface area contributed by atoms with Gasteiger partial charge >= 0.3 is 0 Å². The summed E-state index contributed by atoms with van der Waals surface area (Å²) < 4.78 is 0. The van der Waals surface area contributed by atoms with Gasteiger partial charge < -0.3 is 0 Å². The topological polar surface area (TPSA) is 90.7 Å². The number of nitriles is 2. The van der Waals surface area contributed by atoms with E-state index in [1.54, 1.807) is 42.5 Å². The molecule has 0 radical (unpaired) electrons. The summed E-state index contributed by atoms with van der Waals surface area (Å²) in [7, 11) is 0. The predicted octanol–water partition coefficient (Wildman–Crippen LogP) is 3.53. The molecule has 2 rings (SSSR count). The van der Waals surface area contributed by atoms with E-state index in [0.29, 0.717) is 22.3 Å². The fourth-order valence-electron chi connectivity index (χ4n) is 1.80. The quantitative estimate of drug-likeness (QED) is 0.371. The van der Waals surface area contributed by atoms with Crippen molar-refractivity contribution in [1.29, 1.82) is 10.5 Å². The van der Waals surface area contributed by atoms with Crippen molar-refractivity contribution in [2.45, 2.75) is 0 Å². The second-order valence-corrected chi connectivity index (χ2v) is 4.21. The Hall–Kier alpha value is -3.44. The van der Waals surface area contributed by atoms with Gasteiger partial charge in [-0.25, -0.2) is 0 Å². The Morgan fingerprint density at radius 1 is 1.14 bits per heavy atom. The van der Waals surface area contributed by atoms with E-state index in [9.17, 15) is 15.4 Å². The van der Waals surface area contributed by atoms with Gasteiger partial charge in [-0.2, -0.15) is 10.5 Å². The molecular formula is C16H9N3O2. The van der Waals surface area contributed by atoms with Crippen LogP contribution in [0.2, 0.25) is 0 Å². The molecule has 5 nitrogen and oxygen atoms in total. The zero-order valence-corrected chi connectivity index (χ0v) is 10.9. The average molecular weight is 275 g/mol. The summed E-state index contributed by atoms with van der Waals surface area (Å²) >= 11 is 0. The molecule has 0 fully saturated rings. The Labute approximate surface area is 121 Å². The Bertz CT molecular complexity index is 794. The first-order chi connectivity index (χ1) is 10.1. The lowest BCUT2D eigenvalue weighted by molar-refractivity contribution is -0.384. The molecule has 0 unspecified atom stereocenters. The summed E-state index contributed by atoms with van der Waals surface area (Å²) in [5, 5.41) is 28.7. The molecule has 0 bridgehead atoms. The smallest absolute Gasteiger partial charge is 0.258 e. The van der Waals surface area contributed by atoms with Gasteiger partial charge in [0.05, 0.1) is 28.2 Å². The summed E-state index contributed by atoms with van der Waals surface area (Å²) in [5.41, 5.74) is 2.17. The third-order valence-electron chi connectivity index (χ3n) is 2.84. The number of nitro benzene ring substituents is 1. The normalized spacial score (nSPS) is 10.5. The highest BCUT2D eigenvalue weighted by atomic mass is 16.6. The van der Waals surface area contributed by atoms with Crippen LogP contribution in [-0.4, -0.2) is 4.92 Å². The van der Waals surface area contributed by atoms with Crippen LogP contribution < -0.4 is 0 Å². The molecule has 0 heterocycles. The van der Waals surface area contributed by atoms with Gasteiger partial charge in [0.15, 0.2) is 0 Å². The number of non-ortho nitro benzene ring substituents is 1. The molecule has 0 aliphatic carbocycles. The first-order valence-electron chi connectivity index (χ1n) is 6.01. The number of hydrogen-bond donors (Lipinski definition) is 0. The standard InChI is InChI=1S/C16H9N3O2/c17-10-13-2-1-3-14(9-13)15(11-18)8-12-4-6-16(7-5-12)19(20)21/h1-9H/b15-8-. The maximum Gasteiger partial charge on any atom is 0.269 e. The second-order valence-electron chi connectivity index (χ2n) is 4.21. The summed E-state index contributed by atoms with van der Waals surface area (Å²) in [6.07, 6.45) is 1.63. The fraction of sp³-hybridized carbons (Fsp3) is 0. The van der Waals surface area contributed by atoms with Gasteiger partial charge in [-0.1, -0.05) is 12.1 Å². The van der Waals surface area contributed by atoms with E-state index in [1.165, 1.54) is 12.1 Å². The number of nitrogens with zero attached hydrogens (tertiary/aromatic N) is 3. The summed E-state index contributed by atoms with van der Waals surface area (Å²) in [6, 6.07) is 16.7. The van der Waals surface area contributed by atoms with Crippen molar-refractivity contribution in [1.82, 2.24) is 0 Å². The molecule has 21 heavy (non-hydrogen) atoms. The number of nitro groups is 1. The van der Waals surface area contributed by atoms with E-state index in [0.717, 1.165) is 0 Å². The first kappa shape index (κ1) is 14.0. The molecule has 5 heteroatoms. The van der Waals surface area contributed by atoms with Crippen molar-refractivity contribution >= 4 is 17.3 Å². The molecule has 0 spiro atoms. The average Bonchev–Trinajstić information content (AvgIpc) is 2.53. The predicted molar refractivity (Wildman–Crippen MR) is 77.7 cm³/mol. The van der Waals surface area contributed by atoms with Gasteiger partial charge in [-0.05, 0) is 41.5 Å². The molecule has 0 N–H and O–H groups in total. The maximum atomic E-state index is 10.6. The lowest BCUT2D eigenvalue weighted by Gasteiger charge is -2.00. The van der Waals surface area contributed by atoms with Crippen LogP contribution in [-0.2, 0) is 0 Å². The molecule has 0 saturated heterocycles. The Morgan fingerprint density at radius 2 is 1.86 bits per heavy atom. The van der Waals surface area contributed by atoms with Crippen LogP contribution in [0.1, 0.15) is 16.7 Å². The molecule has 0 saturated carbocycles. The highest BCUT2D eigenvalue weighted by molar-refractivity contribution is 5.89. The molecule has 0 aromatic heterocycles. The second kappa shape index (κ2) is 6.14. The zero-order valence-electron chi connectivity index (χ0n) is 10.9. The Kier molecular flexibility index (Phi) is 4.09. The van der Waals surface area contributed by atoms with E-state index >= 15 is 0 Å². The molecule has 0 aliphatic heterocycles. The minimum absolute atomic E-state index is 0.00265. The maximum absolute atomic E-state index is 10.6. The third-order valence-corrected chi connectivity index (χ3v) is 2.84. The van der Waals surface area contributed by atoms with E-state index in [-0.39, 0.29) is 5.69 Å². The monoisotopic (exact) mass is 275 g/mol. The van der Waals surface area contributed by atoms with Crippen LogP contribution in [0.15, 0.2) is 48.5 Å². The van der Waals surface area contributed by atoms with Gasteiger partial charge in [0, 0.05) is 12.1 Å². The van der Waals surface area contributed by atoms with Gasteiger partial charge in [-0.3, -0.25) is 10.1 Å². The van der Waals surface area contributed by atoms with Crippen molar-refractivity contribution in [3.05, 3.63) is 75.3 Å². The van der Waals surface area contributed by atoms with Crippen LogP contribution in [0.4, 0.5) is 5.69 Å². The highest BCUT2D eigenvalue weighted by Crippen LogP contribution is 2.20. The van der Waals surface area contributed by atoms with E-state index in [4.69, 9.17) is 5.26 Å². The molecule has 0 aliphatic rings. The lowest BCUT2D eigenvalue weighted by atomic mass is 10.0. The minimum Gasteiger partial charge on any atom is -0.258 e. The molecular weight excluding hydrogens is 266 g/mol. The molecule has 100 valence electrons. The minimum atomic E-state index is -0.477. The van der Waals surface area contributed by atoms with Crippen LogP contribution >= 0.6 is 0 Å². The lowest BCUT2D eigenvalue weighted by Crippen LogP contribution is -1.87.